The summed E-state index contributed by atoms with van der Waals surface area (Å²) in [4.78, 5) is 11.7. The summed E-state index contributed by atoms with van der Waals surface area (Å²) < 4.78 is 37.8. The van der Waals surface area contributed by atoms with Gasteiger partial charge in [-0.2, -0.15) is 0 Å². The van der Waals surface area contributed by atoms with Gasteiger partial charge in [0.2, 0.25) is 10.0 Å². The number of carbonyl (C=O) groups is 1. The van der Waals surface area contributed by atoms with E-state index in [-0.39, 0.29) is 23.6 Å². The molecule has 0 fully saturated rings. The van der Waals surface area contributed by atoms with Gasteiger partial charge in [0.05, 0.1) is 17.6 Å². The third kappa shape index (κ3) is 5.06. The molecule has 0 aromatic heterocycles. The van der Waals surface area contributed by atoms with Crippen molar-refractivity contribution in [2.75, 3.05) is 20.3 Å². The molecule has 0 unspecified atom stereocenters. The monoisotopic (exact) mass is 377 g/mol. The lowest BCUT2D eigenvalue weighted by atomic mass is 10.1. The minimum absolute atomic E-state index is 0.0480. The molecular weight excluding hydrogens is 354 g/mol. The van der Waals surface area contributed by atoms with Crippen molar-refractivity contribution in [2.45, 2.75) is 25.7 Å². The normalized spacial score (nSPS) is 11.2. The number of esters is 1. The molecule has 0 bridgehead atoms. The number of carbonyl (C=O) groups excluding carboxylic acids is 1. The molecule has 0 atom stereocenters. The molecule has 26 heavy (non-hydrogen) atoms. The van der Waals surface area contributed by atoms with Crippen LogP contribution in [0.25, 0.3) is 0 Å². The SMILES string of the molecule is COC(=O)c1ccc(C)c(S(=O)(=O)NCCOc2cc(C)cc(C)c2)c1. The van der Waals surface area contributed by atoms with Gasteiger partial charge in [-0.05, 0) is 61.7 Å². The molecular formula is C19H23NO5S. The molecule has 0 heterocycles. The van der Waals surface area contributed by atoms with E-state index in [0.717, 1.165) is 11.1 Å². The van der Waals surface area contributed by atoms with E-state index in [1.54, 1.807) is 13.0 Å². The van der Waals surface area contributed by atoms with Crippen LogP contribution in [0.5, 0.6) is 5.75 Å². The predicted octanol–water partition coefficient (Wildman–Crippen LogP) is 2.76. The third-order valence-corrected chi connectivity index (χ3v) is 5.36. The molecule has 2 rings (SSSR count). The number of methoxy groups -OCH3 is 1. The fraction of sp³-hybridized carbons (Fsp3) is 0.316. The number of rotatable bonds is 7. The first-order valence-corrected chi connectivity index (χ1v) is 9.61. The first-order valence-electron chi connectivity index (χ1n) is 8.12. The van der Waals surface area contributed by atoms with Crippen LogP contribution >= 0.6 is 0 Å². The summed E-state index contributed by atoms with van der Waals surface area (Å²) in [5.74, 6) is 0.116. The minimum Gasteiger partial charge on any atom is -0.492 e. The van der Waals surface area contributed by atoms with Crippen molar-refractivity contribution in [1.82, 2.24) is 4.72 Å². The molecule has 0 amide bonds. The lowest BCUT2D eigenvalue weighted by Crippen LogP contribution is -2.29. The van der Waals surface area contributed by atoms with Gasteiger partial charge in [-0.15, -0.1) is 0 Å². The number of hydrogen-bond donors (Lipinski definition) is 1. The second-order valence-electron chi connectivity index (χ2n) is 6.04. The van der Waals surface area contributed by atoms with Crippen LogP contribution in [-0.4, -0.2) is 34.6 Å². The maximum absolute atomic E-state index is 12.5. The van der Waals surface area contributed by atoms with Gasteiger partial charge >= 0.3 is 5.97 Å². The van der Waals surface area contributed by atoms with E-state index in [9.17, 15) is 13.2 Å². The Balaban J connectivity index is 2.03. The third-order valence-electron chi connectivity index (χ3n) is 3.76. The van der Waals surface area contributed by atoms with Crippen LogP contribution in [0.1, 0.15) is 27.0 Å². The van der Waals surface area contributed by atoms with Gasteiger partial charge in [0.1, 0.15) is 12.4 Å². The van der Waals surface area contributed by atoms with Crippen molar-refractivity contribution in [3.05, 3.63) is 58.7 Å². The number of sulfonamides is 1. The highest BCUT2D eigenvalue weighted by molar-refractivity contribution is 7.89. The maximum Gasteiger partial charge on any atom is 0.337 e. The summed E-state index contributed by atoms with van der Waals surface area (Å²) in [6.07, 6.45) is 0. The fourth-order valence-corrected chi connectivity index (χ4v) is 3.85. The number of aryl methyl sites for hydroxylation is 3. The van der Waals surface area contributed by atoms with Crippen molar-refractivity contribution in [2.24, 2.45) is 0 Å². The van der Waals surface area contributed by atoms with Gasteiger partial charge in [-0.25, -0.2) is 17.9 Å². The van der Waals surface area contributed by atoms with E-state index in [2.05, 4.69) is 9.46 Å². The number of ether oxygens (including phenoxy) is 2. The number of benzene rings is 2. The van der Waals surface area contributed by atoms with Gasteiger partial charge in [-0.3, -0.25) is 0 Å². The van der Waals surface area contributed by atoms with E-state index in [0.29, 0.717) is 11.3 Å². The number of hydrogen-bond acceptors (Lipinski definition) is 5. The molecule has 1 N–H and O–H groups in total. The summed E-state index contributed by atoms with van der Waals surface area (Å²) in [5.41, 5.74) is 2.89. The number of nitrogens with one attached hydrogen (secondary N) is 1. The van der Waals surface area contributed by atoms with E-state index >= 15 is 0 Å². The fourth-order valence-electron chi connectivity index (χ4n) is 2.57. The van der Waals surface area contributed by atoms with Crippen LogP contribution in [0.15, 0.2) is 41.3 Å². The summed E-state index contributed by atoms with van der Waals surface area (Å²) >= 11 is 0. The van der Waals surface area contributed by atoms with Gasteiger partial charge in [0.15, 0.2) is 0 Å². The summed E-state index contributed by atoms with van der Waals surface area (Å²) in [6.45, 7) is 5.91. The van der Waals surface area contributed by atoms with Gasteiger partial charge in [0.25, 0.3) is 0 Å². The van der Waals surface area contributed by atoms with Crippen LogP contribution in [0.2, 0.25) is 0 Å². The van der Waals surface area contributed by atoms with Crippen LogP contribution in [0, 0.1) is 20.8 Å². The van der Waals surface area contributed by atoms with Crippen LogP contribution in [0.3, 0.4) is 0 Å². The zero-order valence-corrected chi connectivity index (χ0v) is 16.1. The van der Waals surface area contributed by atoms with Gasteiger partial charge in [-0.1, -0.05) is 12.1 Å². The molecule has 0 saturated heterocycles. The Morgan fingerprint density at radius 3 is 2.31 bits per heavy atom. The molecule has 0 aliphatic rings. The molecule has 6 nitrogen and oxygen atoms in total. The molecule has 0 aliphatic carbocycles. The van der Waals surface area contributed by atoms with Gasteiger partial charge in [0, 0.05) is 6.54 Å². The zero-order valence-electron chi connectivity index (χ0n) is 15.3. The maximum atomic E-state index is 12.5. The highest BCUT2D eigenvalue weighted by Crippen LogP contribution is 2.18. The van der Waals surface area contributed by atoms with Crippen LogP contribution in [0.4, 0.5) is 0 Å². The lowest BCUT2D eigenvalue weighted by Gasteiger charge is -2.12. The van der Waals surface area contributed by atoms with Crippen molar-refractivity contribution < 1.29 is 22.7 Å². The predicted molar refractivity (Wildman–Crippen MR) is 99.1 cm³/mol. The molecule has 2 aromatic rings. The average molecular weight is 377 g/mol. The minimum atomic E-state index is -3.76. The van der Waals surface area contributed by atoms with E-state index in [1.165, 1.54) is 19.2 Å². The topological polar surface area (TPSA) is 81.7 Å². The molecule has 0 spiro atoms. The Labute approximate surface area is 154 Å². The quantitative estimate of drug-likeness (QED) is 0.593. The molecule has 0 saturated carbocycles. The van der Waals surface area contributed by atoms with E-state index in [1.807, 2.05) is 32.0 Å². The summed E-state index contributed by atoms with van der Waals surface area (Å²) in [5, 5.41) is 0. The molecule has 7 heteroatoms. The Morgan fingerprint density at radius 2 is 1.69 bits per heavy atom. The van der Waals surface area contributed by atoms with E-state index in [4.69, 9.17) is 4.74 Å². The Hall–Kier alpha value is -2.38. The largest absolute Gasteiger partial charge is 0.492 e. The zero-order chi connectivity index (χ0) is 19.3. The summed E-state index contributed by atoms with van der Waals surface area (Å²) in [7, 11) is -2.51. The van der Waals surface area contributed by atoms with Crippen molar-refractivity contribution >= 4 is 16.0 Å². The van der Waals surface area contributed by atoms with Crippen molar-refractivity contribution in [3.8, 4) is 5.75 Å². The summed E-state index contributed by atoms with van der Waals surface area (Å²) in [6, 6.07) is 10.2. The molecule has 140 valence electrons. The lowest BCUT2D eigenvalue weighted by molar-refractivity contribution is 0.0600. The highest BCUT2D eigenvalue weighted by atomic mass is 32.2. The standard InChI is InChI=1S/C19H23NO5S/c1-13-9-14(2)11-17(10-13)25-8-7-20-26(22,23)18-12-16(19(21)24-4)6-5-15(18)3/h5-6,9-12,20H,7-8H2,1-4H3. The Kier molecular flexibility index (Phi) is 6.39. The first-order chi connectivity index (χ1) is 12.2. The Morgan fingerprint density at radius 1 is 1.04 bits per heavy atom. The van der Waals surface area contributed by atoms with Gasteiger partial charge < -0.3 is 9.47 Å². The second kappa shape index (κ2) is 8.33. The molecule has 2 aromatic carbocycles. The van der Waals surface area contributed by atoms with E-state index < -0.39 is 16.0 Å². The molecule has 0 radical (unpaired) electrons. The second-order valence-corrected chi connectivity index (χ2v) is 7.78. The van der Waals surface area contributed by atoms with Crippen molar-refractivity contribution in [1.29, 1.82) is 0 Å². The average Bonchev–Trinajstić information content (AvgIpc) is 2.57. The van der Waals surface area contributed by atoms with Crippen LogP contribution in [-0.2, 0) is 14.8 Å². The van der Waals surface area contributed by atoms with Crippen LogP contribution < -0.4 is 9.46 Å². The Bertz CT molecular complexity index is 886. The molecule has 0 aliphatic heterocycles. The smallest absolute Gasteiger partial charge is 0.337 e. The first kappa shape index (κ1) is 19.9. The highest BCUT2D eigenvalue weighted by Gasteiger charge is 2.19. The van der Waals surface area contributed by atoms with Crippen molar-refractivity contribution in [3.63, 3.8) is 0 Å².